The van der Waals surface area contributed by atoms with Crippen LogP contribution in [0.5, 0.6) is 0 Å². The lowest BCUT2D eigenvalue weighted by atomic mass is 10.0. The van der Waals surface area contributed by atoms with Gasteiger partial charge in [0.15, 0.2) is 5.78 Å². The first-order valence-electron chi connectivity index (χ1n) is 7.27. The number of ether oxygens (including phenoxy) is 1. The molecule has 0 aromatic heterocycles. The summed E-state index contributed by atoms with van der Waals surface area (Å²) in [5.41, 5.74) is 0.698. The highest BCUT2D eigenvalue weighted by atomic mass is 19.4. The van der Waals surface area contributed by atoms with Gasteiger partial charge in [0.05, 0.1) is 5.56 Å². The third-order valence-electron chi connectivity index (χ3n) is 3.33. The summed E-state index contributed by atoms with van der Waals surface area (Å²) in [4.78, 5) is 23.7. The Balaban J connectivity index is 2.05. The molecule has 0 saturated carbocycles. The van der Waals surface area contributed by atoms with Crippen LogP contribution in [0, 0.1) is 0 Å². The number of carbonyl (C=O) groups is 2. The third kappa shape index (κ3) is 4.94. The fourth-order valence-corrected chi connectivity index (χ4v) is 2.11. The van der Waals surface area contributed by atoms with Crippen LogP contribution >= 0.6 is 0 Å². The highest BCUT2D eigenvalue weighted by Gasteiger charge is 2.47. The van der Waals surface area contributed by atoms with Crippen LogP contribution in [0.3, 0.4) is 0 Å². The summed E-state index contributed by atoms with van der Waals surface area (Å²) in [6.07, 6.45) is -7.92. The first-order chi connectivity index (χ1) is 11.4. The average Bonchev–Trinajstić information content (AvgIpc) is 2.58. The second-order valence-corrected chi connectivity index (χ2v) is 5.14. The Morgan fingerprint density at radius 3 is 2.00 bits per heavy atom. The van der Waals surface area contributed by atoms with Gasteiger partial charge in [-0.15, -0.1) is 0 Å². The Hall–Kier alpha value is -2.63. The molecule has 0 aliphatic carbocycles. The van der Waals surface area contributed by atoms with Crippen LogP contribution in [0.25, 0.3) is 0 Å². The zero-order valence-corrected chi connectivity index (χ0v) is 12.6. The fourth-order valence-electron chi connectivity index (χ4n) is 2.11. The molecule has 2 aromatic carbocycles. The lowest BCUT2D eigenvalue weighted by Gasteiger charge is -2.19. The van der Waals surface area contributed by atoms with E-state index >= 15 is 0 Å². The van der Waals surface area contributed by atoms with Gasteiger partial charge in [0.25, 0.3) is 6.10 Å². The molecule has 2 rings (SSSR count). The zero-order valence-electron chi connectivity index (χ0n) is 12.6. The quantitative estimate of drug-likeness (QED) is 0.750. The van der Waals surface area contributed by atoms with Crippen LogP contribution in [0.4, 0.5) is 13.2 Å². The maximum Gasteiger partial charge on any atom is 0.432 e. The van der Waals surface area contributed by atoms with Crippen molar-refractivity contribution in [2.24, 2.45) is 0 Å². The number of alkyl halides is 3. The predicted molar refractivity (Wildman–Crippen MR) is 81.5 cm³/mol. The number of halogens is 3. The molecule has 126 valence electrons. The largest absolute Gasteiger partial charge is 0.441 e. The van der Waals surface area contributed by atoms with Crippen molar-refractivity contribution in [3.63, 3.8) is 0 Å². The molecule has 0 saturated heterocycles. The Bertz CT molecular complexity index is 682. The summed E-state index contributed by atoms with van der Waals surface area (Å²) >= 11 is 0. The van der Waals surface area contributed by atoms with Gasteiger partial charge in [-0.1, -0.05) is 48.5 Å². The van der Waals surface area contributed by atoms with E-state index in [1.54, 1.807) is 36.4 Å². The lowest BCUT2D eigenvalue weighted by Crippen LogP contribution is -2.40. The van der Waals surface area contributed by atoms with Gasteiger partial charge in [-0.05, 0) is 24.1 Å². The summed E-state index contributed by atoms with van der Waals surface area (Å²) < 4.78 is 43.7. The van der Waals surface area contributed by atoms with Crippen LogP contribution in [-0.4, -0.2) is 24.0 Å². The van der Waals surface area contributed by atoms with Crippen molar-refractivity contribution in [1.29, 1.82) is 0 Å². The van der Waals surface area contributed by atoms with Crippen molar-refractivity contribution >= 4 is 11.8 Å². The minimum atomic E-state index is -4.95. The number of hydrogen-bond acceptors (Lipinski definition) is 3. The zero-order chi connectivity index (χ0) is 17.6. The topological polar surface area (TPSA) is 43.4 Å². The Morgan fingerprint density at radius 1 is 0.917 bits per heavy atom. The molecule has 24 heavy (non-hydrogen) atoms. The number of Topliss-reactive ketones (excluding diaryl/α,β-unsaturated/α-hetero) is 1. The monoisotopic (exact) mass is 336 g/mol. The summed E-state index contributed by atoms with van der Waals surface area (Å²) in [5, 5.41) is 0. The van der Waals surface area contributed by atoms with Gasteiger partial charge < -0.3 is 4.74 Å². The van der Waals surface area contributed by atoms with E-state index in [1.807, 2.05) is 0 Å². The van der Waals surface area contributed by atoms with Gasteiger partial charge in [-0.3, -0.25) is 4.79 Å². The summed E-state index contributed by atoms with van der Waals surface area (Å²) in [5.74, 6) is -2.35. The van der Waals surface area contributed by atoms with Crippen LogP contribution in [0.15, 0.2) is 60.7 Å². The first-order valence-corrected chi connectivity index (χ1v) is 7.27. The van der Waals surface area contributed by atoms with E-state index in [-0.39, 0.29) is 18.4 Å². The van der Waals surface area contributed by atoms with E-state index in [2.05, 4.69) is 4.74 Å². The smallest absolute Gasteiger partial charge is 0.432 e. The van der Waals surface area contributed by atoms with E-state index in [1.165, 1.54) is 24.3 Å². The highest BCUT2D eigenvalue weighted by molar-refractivity contribution is 5.93. The Labute approximate surface area is 137 Å². The molecular weight excluding hydrogens is 321 g/mol. The number of rotatable bonds is 6. The van der Waals surface area contributed by atoms with Gasteiger partial charge in [0.2, 0.25) is 0 Å². The number of benzene rings is 2. The molecule has 0 aliphatic rings. The minimum absolute atomic E-state index is 0.0393. The highest BCUT2D eigenvalue weighted by Crippen LogP contribution is 2.26. The van der Waals surface area contributed by atoms with Crippen molar-refractivity contribution in [2.75, 3.05) is 0 Å². The van der Waals surface area contributed by atoms with Gasteiger partial charge >= 0.3 is 12.1 Å². The van der Waals surface area contributed by atoms with Gasteiger partial charge in [-0.25, -0.2) is 4.79 Å². The number of hydrogen-bond donors (Lipinski definition) is 0. The molecular formula is C18H15F3O3. The number of esters is 1. The molecule has 0 radical (unpaired) electrons. The van der Waals surface area contributed by atoms with Crippen LogP contribution in [0.1, 0.15) is 22.3 Å². The van der Waals surface area contributed by atoms with E-state index in [0.717, 1.165) is 5.56 Å². The number of aryl methyl sites for hydroxylation is 1. The van der Waals surface area contributed by atoms with E-state index < -0.39 is 24.0 Å². The van der Waals surface area contributed by atoms with Gasteiger partial charge in [0, 0.05) is 6.42 Å². The average molecular weight is 336 g/mol. The SMILES string of the molecule is O=C(O[C@H](C(=O)CCc1ccccc1)C(F)(F)F)c1ccccc1. The maximum atomic E-state index is 13.1. The molecule has 1 atom stereocenters. The van der Waals surface area contributed by atoms with Crippen molar-refractivity contribution in [3.8, 4) is 0 Å². The third-order valence-corrected chi connectivity index (χ3v) is 3.33. The Morgan fingerprint density at radius 2 is 1.46 bits per heavy atom. The summed E-state index contributed by atoms with van der Waals surface area (Å²) in [6, 6.07) is 15.9. The molecule has 6 heteroatoms. The second-order valence-electron chi connectivity index (χ2n) is 5.14. The van der Waals surface area contributed by atoms with Crippen molar-refractivity contribution in [1.82, 2.24) is 0 Å². The van der Waals surface area contributed by atoms with E-state index in [0.29, 0.717) is 0 Å². The Kier molecular flexibility index (Phi) is 5.73. The summed E-state index contributed by atoms with van der Waals surface area (Å²) in [7, 11) is 0. The maximum absolute atomic E-state index is 13.1. The van der Waals surface area contributed by atoms with Gasteiger partial charge in [0.1, 0.15) is 0 Å². The molecule has 0 spiro atoms. The van der Waals surface area contributed by atoms with Crippen LogP contribution in [0.2, 0.25) is 0 Å². The standard InChI is InChI=1S/C18H15F3O3/c19-18(20,21)16(24-17(23)14-9-5-2-6-10-14)15(22)12-11-13-7-3-1-4-8-13/h1-10,16H,11-12H2/t16-/m1/s1. The molecule has 0 amide bonds. The van der Waals surface area contributed by atoms with Crippen molar-refractivity contribution in [2.45, 2.75) is 25.1 Å². The minimum Gasteiger partial charge on any atom is -0.441 e. The molecule has 3 nitrogen and oxygen atoms in total. The number of ketones is 1. The first kappa shape index (κ1) is 17.7. The second kappa shape index (κ2) is 7.77. The molecule has 2 aromatic rings. The normalized spacial score (nSPS) is 12.5. The van der Waals surface area contributed by atoms with Crippen LogP contribution < -0.4 is 0 Å². The fraction of sp³-hybridized carbons (Fsp3) is 0.222. The van der Waals surface area contributed by atoms with Crippen molar-refractivity contribution < 1.29 is 27.5 Å². The number of carbonyl (C=O) groups excluding carboxylic acids is 2. The summed E-state index contributed by atoms with van der Waals surface area (Å²) in [6.45, 7) is 0. The van der Waals surface area contributed by atoms with E-state index in [4.69, 9.17) is 0 Å². The molecule has 0 N–H and O–H groups in total. The molecule has 0 bridgehead atoms. The van der Waals surface area contributed by atoms with E-state index in [9.17, 15) is 22.8 Å². The lowest BCUT2D eigenvalue weighted by molar-refractivity contribution is -0.204. The molecule has 0 heterocycles. The van der Waals surface area contributed by atoms with Crippen molar-refractivity contribution in [3.05, 3.63) is 71.8 Å². The molecule has 0 fully saturated rings. The molecule has 0 aliphatic heterocycles. The predicted octanol–water partition coefficient (Wildman–Crippen LogP) is 3.98. The van der Waals surface area contributed by atoms with Gasteiger partial charge in [-0.2, -0.15) is 13.2 Å². The van der Waals surface area contributed by atoms with Crippen LogP contribution in [-0.2, 0) is 16.0 Å². The molecule has 0 unspecified atom stereocenters.